The first kappa shape index (κ1) is 56.0. The SMILES string of the molecule is C1CCC2(CC1)CNC2.COc1cc2ncnc(Nc3ccc(F)c(Cl)c3)c2cc1NC(=O)/C=C/CBr.COc1cc2ncnc(Nc3ccc(F)c(Cl)c3)c2cc1NC(=O)/C=C/CN1CC2(CCCCC2)C1.Cl. The molecule has 14 nitrogen and oxygen atoms in total. The molecule has 2 saturated carbocycles. The van der Waals surface area contributed by atoms with Crippen LogP contribution >= 0.6 is 51.5 Å². The molecule has 392 valence electrons. The average molecular weight is 1140 g/mol. The molecule has 4 aromatic carbocycles. The fourth-order valence-corrected chi connectivity index (χ4v) is 10.5. The normalized spacial score (nSPS) is 16.5. The Morgan fingerprint density at radius 1 is 0.676 bits per heavy atom. The maximum Gasteiger partial charge on any atom is 0.248 e. The summed E-state index contributed by atoms with van der Waals surface area (Å²) in [6.45, 7) is 5.66. The van der Waals surface area contributed by atoms with E-state index >= 15 is 0 Å². The second-order valence-corrected chi connectivity index (χ2v) is 20.4. The number of methoxy groups -OCH3 is 2. The number of anilines is 6. The topological polar surface area (TPSA) is 168 Å². The number of carbonyl (C=O) groups is 2. The lowest BCUT2D eigenvalue weighted by Crippen LogP contribution is -2.56. The molecule has 2 saturated heterocycles. The van der Waals surface area contributed by atoms with Crippen LogP contribution in [0.25, 0.3) is 21.8 Å². The van der Waals surface area contributed by atoms with Crippen molar-refractivity contribution >= 4 is 120 Å². The maximum atomic E-state index is 13.5. The lowest BCUT2D eigenvalue weighted by Gasteiger charge is -2.52. The van der Waals surface area contributed by atoms with Gasteiger partial charge in [-0.05, 0) is 85.0 Å². The van der Waals surface area contributed by atoms with Gasteiger partial charge >= 0.3 is 0 Å². The van der Waals surface area contributed by atoms with Gasteiger partial charge in [0.25, 0.3) is 0 Å². The van der Waals surface area contributed by atoms with Gasteiger partial charge in [-0.15, -0.1) is 12.4 Å². The lowest BCUT2D eigenvalue weighted by molar-refractivity contribution is -0.112. The van der Waals surface area contributed by atoms with E-state index in [0.717, 1.165) is 25.0 Å². The van der Waals surface area contributed by atoms with E-state index in [-0.39, 0.29) is 34.3 Å². The van der Waals surface area contributed by atoms with Crippen molar-refractivity contribution in [2.75, 3.05) is 73.5 Å². The van der Waals surface area contributed by atoms with Crippen LogP contribution in [0, 0.1) is 22.5 Å². The van der Waals surface area contributed by atoms with Crippen molar-refractivity contribution in [1.29, 1.82) is 0 Å². The fraction of sp³-hybridized carbons (Fsp3) is 0.370. The van der Waals surface area contributed by atoms with E-state index in [2.05, 4.69) is 67.3 Å². The largest absolute Gasteiger partial charge is 0.494 e. The van der Waals surface area contributed by atoms with Gasteiger partial charge < -0.3 is 36.1 Å². The number of rotatable bonds is 13. The summed E-state index contributed by atoms with van der Waals surface area (Å²) >= 11 is 15.0. The number of likely N-dealkylation sites (tertiary alicyclic amines) is 1. The van der Waals surface area contributed by atoms with Crippen molar-refractivity contribution in [3.05, 3.63) is 119 Å². The number of hydrogen-bond donors (Lipinski definition) is 5. The van der Waals surface area contributed by atoms with Crippen LogP contribution in [0.1, 0.15) is 64.2 Å². The highest BCUT2D eigenvalue weighted by atomic mass is 79.9. The Labute approximate surface area is 454 Å². The number of ether oxygens (including phenoxy) is 2. The third kappa shape index (κ3) is 14.4. The summed E-state index contributed by atoms with van der Waals surface area (Å²) in [6.07, 6.45) is 23.6. The molecular weight excluding hydrogens is 1080 g/mol. The third-order valence-electron chi connectivity index (χ3n) is 13.7. The highest BCUT2D eigenvalue weighted by Crippen LogP contribution is 2.44. The molecule has 0 bridgehead atoms. The smallest absolute Gasteiger partial charge is 0.248 e. The molecule has 2 aromatic heterocycles. The van der Waals surface area contributed by atoms with Gasteiger partial charge in [0.2, 0.25) is 11.8 Å². The van der Waals surface area contributed by atoms with Crippen molar-refractivity contribution in [3.8, 4) is 11.5 Å². The second-order valence-electron chi connectivity index (χ2n) is 18.9. The van der Waals surface area contributed by atoms with Crippen molar-refractivity contribution in [2.24, 2.45) is 10.8 Å². The molecule has 5 N–H and O–H groups in total. The van der Waals surface area contributed by atoms with Gasteiger partial charge in [0.15, 0.2) is 0 Å². The molecule has 0 atom stereocenters. The van der Waals surface area contributed by atoms with Gasteiger partial charge in [0.1, 0.15) is 47.4 Å². The monoisotopic (exact) mass is 1130 g/mol. The average Bonchev–Trinajstić information content (AvgIpc) is 3.38. The lowest BCUT2D eigenvalue weighted by atomic mass is 9.69. The maximum absolute atomic E-state index is 13.5. The summed E-state index contributed by atoms with van der Waals surface area (Å²) in [5.74, 6) is 0.369. The number of fused-ring (bicyclic) bond motifs is 2. The van der Waals surface area contributed by atoms with Gasteiger partial charge in [-0.25, -0.2) is 28.7 Å². The molecule has 4 fully saturated rings. The molecule has 4 heterocycles. The van der Waals surface area contributed by atoms with Gasteiger partial charge in [-0.2, -0.15) is 0 Å². The molecule has 4 aliphatic rings. The Morgan fingerprint density at radius 3 is 1.54 bits per heavy atom. The van der Waals surface area contributed by atoms with Gasteiger partial charge in [0.05, 0.1) is 46.7 Å². The Hall–Kier alpha value is -5.69. The molecule has 20 heteroatoms. The molecule has 74 heavy (non-hydrogen) atoms. The van der Waals surface area contributed by atoms with E-state index in [9.17, 15) is 18.4 Å². The number of nitrogens with zero attached hydrogens (tertiary/aromatic N) is 5. The molecule has 2 aliphatic carbocycles. The van der Waals surface area contributed by atoms with Crippen LogP contribution < -0.4 is 36.1 Å². The van der Waals surface area contributed by atoms with Crippen LogP contribution in [0.5, 0.6) is 11.5 Å². The van der Waals surface area contributed by atoms with E-state index in [4.69, 9.17) is 32.7 Å². The Balaban J connectivity index is 0.000000186. The van der Waals surface area contributed by atoms with Crippen molar-refractivity contribution in [3.63, 3.8) is 0 Å². The number of aromatic nitrogens is 4. The van der Waals surface area contributed by atoms with Gasteiger partial charge in [0, 0.05) is 84.5 Å². The fourth-order valence-electron chi connectivity index (χ4n) is 9.91. The van der Waals surface area contributed by atoms with Crippen LogP contribution in [-0.4, -0.2) is 88.9 Å². The molecule has 6 aromatic rings. The first-order chi connectivity index (χ1) is 35.4. The molecule has 0 unspecified atom stereocenters. The van der Waals surface area contributed by atoms with E-state index in [1.807, 2.05) is 6.08 Å². The van der Waals surface area contributed by atoms with E-state index < -0.39 is 11.6 Å². The van der Waals surface area contributed by atoms with Crippen LogP contribution in [0.3, 0.4) is 0 Å². The number of benzene rings is 4. The van der Waals surface area contributed by atoms with Crippen molar-refractivity contribution in [2.45, 2.75) is 64.2 Å². The number of amides is 2. The first-order valence-corrected chi connectivity index (χ1v) is 26.3. The van der Waals surface area contributed by atoms with E-state index in [1.54, 1.807) is 55.7 Å². The molecule has 10 rings (SSSR count). The number of alkyl halides is 1. The van der Waals surface area contributed by atoms with Crippen LogP contribution in [0.2, 0.25) is 10.0 Å². The standard InChI is InChI=1S/C27H29ClFN5O2.C19H15BrClFN4O2.C8H15N.ClH/c1-36-24-14-22-19(26(31-17-30-22)32-18-7-8-21(29)20(28)12-18)13-23(24)33-25(35)6-5-11-34-15-27(16-34)9-3-2-4-10-27;1-28-17-9-15-12(8-16(17)26-18(27)3-2-6-20)19(24-10-23-15)25-11-4-5-14(22)13(21)7-11;1-2-4-8(5-3-1)6-9-7-8;/h5-8,12-14,17H,2-4,9-11,15-16H2,1H3,(H,33,35)(H,30,31,32);2-5,7-10H,6H2,1H3,(H,26,27)(H,23,24,25);9H,1-7H2;1H/b6-5+;3-2+;;. The van der Waals surface area contributed by atoms with Crippen LogP contribution in [0.15, 0.2) is 97.6 Å². The zero-order chi connectivity index (χ0) is 51.4. The predicted octanol–water partition coefficient (Wildman–Crippen LogP) is 13.0. The number of allylic oxidation sites excluding steroid dienone is 1. The predicted molar refractivity (Wildman–Crippen MR) is 298 cm³/mol. The van der Waals surface area contributed by atoms with E-state index in [1.165, 1.54) is 127 Å². The summed E-state index contributed by atoms with van der Waals surface area (Å²) in [7, 11) is 3.05. The van der Waals surface area contributed by atoms with Crippen LogP contribution in [-0.2, 0) is 9.59 Å². The number of carbonyl (C=O) groups excluding carboxylic acids is 2. The number of nitrogens with one attached hydrogen (secondary N) is 5. The minimum Gasteiger partial charge on any atom is -0.494 e. The minimum atomic E-state index is -0.508. The second kappa shape index (κ2) is 26.2. The zero-order valence-electron chi connectivity index (χ0n) is 41.2. The molecular formula is C54H60BrCl3F2N10O4. The van der Waals surface area contributed by atoms with Crippen molar-refractivity contribution < 1.29 is 27.8 Å². The number of hydrogen-bond acceptors (Lipinski definition) is 12. The highest BCUT2D eigenvalue weighted by Gasteiger charge is 2.42. The summed E-state index contributed by atoms with van der Waals surface area (Å²) in [5.41, 5.74) is 4.66. The summed E-state index contributed by atoms with van der Waals surface area (Å²) in [5, 5.41) is 17.2. The molecule has 0 radical (unpaired) electrons. The summed E-state index contributed by atoms with van der Waals surface area (Å²) in [6, 6.07) is 15.5. The Bertz CT molecular complexity index is 2980. The highest BCUT2D eigenvalue weighted by molar-refractivity contribution is 9.09. The third-order valence-corrected chi connectivity index (χ3v) is 14.7. The quantitative estimate of drug-likeness (QED) is 0.0549. The Kier molecular flexibility index (Phi) is 19.8. The number of halogens is 6. The molecule has 2 spiro atoms. The van der Waals surface area contributed by atoms with Crippen LogP contribution in [0.4, 0.5) is 43.2 Å². The summed E-state index contributed by atoms with van der Waals surface area (Å²) in [4.78, 5) is 44.2. The first-order valence-electron chi connectivity index (χ1n) is 24.4. The summed E-state index contributed by atoms with van der Waals surface area (Å²) < 4.78 is 37.8. The molecule has 2 amide bonds. The molecule has 2 aliphatic heterocycles. The van der Waals surface area contributed by atoms with E-state index in [0.29, 0.717) is 78.4 Å². The van der Waals surface area contributed by atoms with Gasteiger partial charge in [-0.3, -0.25) is 14.5 Å². The van der Waals surface area contributed by atoms with Gasteiger partial charge in [-0.1, -0.05) is 89.8 Å². The zero-order valence-corrected chi connectivity index (χ0v) is 45.1. The van der Waals surface area contributed by atoms with Crippen molar-refractivity contribution in [1.82, 2.24) is 30.2 Å². The Morgan fingerprint density at radius 2 is 1.14 bits per heavy atom. The minimum absolute atomic E-state index is 0.